The van der Waals surface area contributed by atoms with Gasteiger partial charge in [-0.15, -0.1) is 23.8 Å². The van der Waals surface area contributed by atoms with E-state index in [0.717, 1.165) is 72.4 Å². The third kappa shape index (κ3) is 8.58. The van der Waals surface area contributed by atoms with Crippen LogP contribution in [0.5, 0.6) is 5.75 Å². The molecule has 66 heavy (non-hydrogen) atoms. The normalized spacial score (nSPS) is 12.2. The maximum atomic E-state index is 12.2. The van der Waals surface area contributed by atoms with Gasteiger partial charge in [0, 0.05) is 42.8 Å². The first kappa shape index (κ1) is 40.4. The van der Waals surface area contributed by atoms with Gasteiger partial charge in [0.15, 0.2) is 0 Å². The molecule has 0 aliphatic heterocycles. The van der Waals surface area contributed by atoms with Crippen LogP contribution in [-0.4, -0.2) is 19.6 Å². The molecule has 10 rings (SSSR count). The molecule has 0 aliphatic rings. The van der Waals surface area contributed by atoms with E-state index < -0.39 is 6.85 Å². The van der Waals surface area contributed by atoms with Gasteiger partial charge in [-0.05, 0) is 105 Å². The molecule has 2 heterocycles. The van der Waals surface area contributed by atoms with Crippen LogP contribution in [0, 0.1) is 12.9 Å². The fraction of sp³-hybridized carbons (Fsp3) is 0.115. The number of hydrogen-bond acceptors (Lipinski definition) is 3. The Bertz CT molecular complexity index is 3440. The maximum Gasteiger partial charge on any atom is 0.148 e. The molecule has 5 heteroatoms. The number of hydrogen-bond donors (Lipinski definition) is 1. The molecule has 4 nitrogen and oxygen atoms in total. The van der Waals surface area contributed by atoms with Gasteiger partial charge in [-0.2, -0.15) is 0 Å². The van der Waals surface area contributed by atoms with Crippen LogP contribution in [0.3, 0.4) is 0 Å². The minimum atomic E-state index is -2.42. The average molecular weight is 1040 g/mol. The summed E-state index contributed by atoms with van der Waals surface area (Å²) in [7, 11) is 0. The molecule has 0 fully saturated rings. The van der Waals surface area contributed by atoms with Crippen molar-refractivity contribution in [3.8, 4) is 89.7 Å². The summed E-state index contributed by atoms with van der Waals surface area (Å²) in [5.74, 6) is 0.857. The van der Waals surface area contributed by atoms with Crippen LogP contribution in [-0.2, 0) is 21.1 Å². The second kappa shape index (κ2) is 18.8. The number of pyridine rings is 1. The summed E-state index contributed by atoms with van der Waals surface area (Å²) in [6.07, 6.45) is 1.85. The van der Waals surface area contributed by atoms with Crippen molar-refractivity contribution < 1.29 is 30.3 Å². The van der Waals surface area contributed by atoms with E-state index in [4.69, 9.17) is 14.1 Å². The predicted molar refractivity (Wildman–Crippen MR) is 270 cm³/mol. The van der Waals surface area contributed by atoms with Gasteiger partial charge in [0.2, 0.25) is 0 Å². The molecule has 0 bridgehead atoms. The number of para-hydroxylation sites is 1. The molecule has 0 aliphatic carbocycles. The van der Waals surface area contributed by atoms with Crippen molar-refractivity contribution in [2.75, 3.05) is 0 Å². The molecule has 10 aromatic rings. The van der Waals surface area contributed by atoms with E-state index in [9.17, 15) is 5.11 Å². The summed E-state index contributed by atoms with van der Waals surface area (Å²) in [4.78, 5) is 10.4. The number of aromatic nitrogens is 3. The fourth-order valence-corrected chi connectivity index (χ4v) is 8.82. The molecule has 1 N–H and O–H groups in total. The van der Waals surface area contributed by atoms with Crippen LogP contribution in [0.1, 0.15) is 60.3 Å². The van der Waals surface area contributed by atoms with Crippen LogP contribution in [0.25, 0.3) is 95.0 Å². The molecule has 0 atom stereocenters. The van der Waals surface area contributed by atoms with Crippen LogP contribution in [0.4, 0.5) is 0 Å². The zero-order valence-corrected chi connectivity index (χ0v) is 39.5. The van der Waals surface area contributed by atoms with E-state index >= 15 is 0 Å². The first-order chi connectivity index (χ1) is 32.9. The summed E-state index contributed by atoms with van der Waals surface area (Å²) >= 11 is 0. The molecule has 0 radical (unpaired) electrons. The Kier molecular flexibility index (Phi) is 11.5. The van der Waals surface area contributed by atoms with Crippen molar-refractivity contribution >= 4 is 11.0 Å². The molecular weight excluding hydrogens is 986 g/mol. The second-order valence-corrected chi connectivity index (χ2v) is 17.3. The van der Waals surface area contributed by atoms with E-state index in [0.29, 0.717) is 28.2 Å². The second-order valence-electron chi connectivity index (χ2n) is 17.3. The van der Waals surface area contributed by atoms with Crippen molar-refractivity contribution in [2.24, 2.45) is 0 Å². The van der Waals surface area contributed by atoms with Crippen LogP contribution < -0.4 is 0 Å². The summed E-state index contributed by atoms with van der Waals surface area (Å²) in [6, 6.07) is 66.9. The first-order valence-electron chi connectivity index (χ1n) is 23.8. The Morgan fingerprint density at radius 1 is 0.530 bits per heavy atom. The third-order valence-electron chi connectivity index (χ3n) is 12.4. The van der Waals surface area contributed by atoms with Gasteiger partial charge in [-0.3, -0.25) is 9.55 Å². The Hall–Kier alpha value is -7.13. The number of aromatic hydroxyl groups is 1. The topological polar surface area (TPSA) is 50.9 Å². The van der Waals surface area contributed by atoms with Crippen LogP contribution in [0.2, 0.25) is 0 Å². The molecule has 0 unspecified atom stereocenters. The largest absolute Gasteiger partial charge is 0.507 e. The molecule has 326 valence electrons. The third-order valence-corrected chi connectivity index (χ3v) is 12.4. The van der Waals surface area contributed by atoms with Crippen molar-refractivity contribution in [2.45, 2.75) is 46.4 Å². The number of rotatable bonds is 10. The molecule has 0 saturated heterocycles. The Labute approximate surface area is 406 Å². The quantitative estimate of drug-likeness (QED) is 0.139. The predicted octanol–water partition coefficient (Wildman–Crippen LogP) is 16.1. The Morgan fingerprint density at radius 3 is 1.80 bits per heavy atom. The fourth-order valence-electron chi connectivity index (χ4n) is 8.82. The van der Waals surface area contributed by atoms with E-state index in [1.54, 1.807) is 6.07 Å². The molecule has 0 amide bonds. The summed E-state index contributed by atoms with van der Waals surface area (Å²) in [5, 5.41) is 12.2. The van der Waals surface area contributed by atoms with Gasteiger partial charge >= 0.3 is 0 Å². The number of fused-ring (bicyclic) bond motifs is 1. The average Bonchev–Trinajstić information content (AvgIpc) is 3.76. The minimum absolute atomic E-state index is 0. The molecule has 0 saturated carbocycles. The summed E-state index contributed by atoms with van der Waals surface area (Å²) in [5.41, 5.74) is 15.9. The van der Waals surface area contributed by atoms with E-state index in [1.165, 1.54) is 5.56 Å². The molecule has 8 aromatic carbocycles. The number of nitrogens with zero attached hydrogens (tertiary/aromatic N) is 3. The van der Waals surface area contributed by atoms with Crippen LogP contribution in [0.15, 0.2) is 194 Å². The summed E-state index contributed by atoms with van der Waals surface area (Å²) in [6.45, 7) is 6.02. The van der Waals surface area contributed by atoms with Crippen molar-refractivity contribution in [3.05, 3.63) is 217 Å². The number of phenols is 1. The van der Waals surface area contributed by atoms with Gasteiger partial charge in [0.1, 0.15) is 11.6 Å². The standard InChI is InChI=1S/C61H50N3O.Pt/c1-39(2)48-36-55(40(3)4)60(65)56(37-48)61-63-59-54(22-15-23-58(59)64(61)52-28-29-53(41(5)32-52)46-20-13-8-14-21-46)50-33-49(43-18-11-7-12-19-43)34-51(35-50)57-38-47(30-31-62-57)45-26-24-44(25-27-45)42-16-9-6-10-17-42;/h6-34,36-40,65H,1-5H3;/q-1;/i5D3;. The van der Waals surface area contributed by atoms with E-state index in [-0.39, 0.29) is 44.2 Å². The Morgan fingerprint density at radius 2 is 1.15 bits per heavy atom. The zero-order valence-electron chi connectivity index (χ0n) is 40.2. The SMILES string of the molecule is [2H]C([2H])([2H])c1cc(-n2c(-c3cc(C(C)C)cc(C(C)C)c3O)nc3c(-c4[c-]c(-c5cc(-c6ccc(-c7ccccc7)cc6)ccn5)cc(-c5ccccc5)c4)cccc32)ccc1-c1ccccc1.[Pt]. The van der Waals surface area contributed by atoms with Crippen LogP contribution >= 0.6 is 0 Å². The number of imidazole rings is 1. The number of benzene rings is 8. The monoisotopic (exact) mass is 1040 g/mol. The molecule has 2 aromatic heterocycles. The minimum Gasteiger partial charge on any atom is -0.507 e. The van der Waals surface area contributed by atoms with E-state index in [2.05, 4.69) is 125 Å². The van der Waals surface area contributed by atoms with Gasteiger partial charge in [-0.1, -0.05) is 190 Å². The van der Waals surface area contributed by atoms with E-state index in [1.807, 2.05) is 102 Å². The smallest absolute Gasteiger partial charge is 0.148 e. The first-order valence-corrected chi connectivity index (χ1v) is 22.3. The molecular formula is C61H50N3OPt-. The van der Waals surface area contributed by atoms with Gasteiger partial charge in [0.05, 0.1) is 16.6 Å². The van der Waals surface area contributed by atoms with Crippen molar-refractivity contribution in [3.63, 3.8) is 0 Å². The number of aryl methyl sites for hydroxylation is 1. The molecule has 0 spiro atoms. The maximum absolute atomic E-state index is 12.2. The van der Waals surface area contributed by atoms with Crippen molar-refractivity contribution in [1.82, 2.24) is 14.5 Å². The zero-order chi connectivity index (χ0) is 47.1. The van der Waals surface area contributed by atoms with Gasteiger partial charge < -0.3 is 5.11 Å². The number of phenolic OH excluding ortho intramolecular Hbond substituents is 1. The summed E-state index contributed by atoms with van der Waals surface area (Å²) < 4.78 is 28.2. The van der Waals surface area contributed by atoms with Gasteiger partial charge in [0.25, 0.3) is 0 Å². The Balaban J connectivity index is 0.00000593. The van der Waals surface area contributed by atoms with Crippen molar-refractivity contribution in [1.29, 1.82) is 0 Å². The van der Waals surface area contributed by atoms with Gasteiger partial charge in [-0.25, -0.2) is 4.98 Å².